The first kappa shape index (κ1) is 26.8. The maximum Gasteiger partial charge on any atom is 0.335 e. The second-order valence-corrected chi connectivity index (χ2v) is 9.11. The second-order valence-electron chi connectivity index (χ2n) is 8.70. The quantitative estimate of drug-likeness (QED) is 0.298. The van der Waals surface area contributed by atoms with Crippen molar-refractivity contribution in [1.82, 2.24) is 5.32 Å². The first-order valence-electron chi connectivity index (χ1n) is 11.9. The van der Waals surface area contributed by atoms with Crippen LogP contribution in [0.15, 0.2) is 60.2 Å². The third kappa shape index (κ3) is 5.81. The van der Waals surface area contributed by atoms with E-state index in [1.54, 1.807) is 36.4 Å². The molecule has 0 radical (unpaired) electrons. The minimum Gasteiger partial charge on any atom is -0.497 e. The Morgan fingerprint density at radius 1 is 0.947 bits per heavy atom. The van der Waals surface area contributed by atoms with Gasteiger partial charge in [-0.15, -0.1) is 0 Å². The van der Waals surface area contributed by atoms with Gasteiger partial charge in [0.2, 0.25) is 0 Å². The lowest BCUT2D eigenvalue weighted by Crippen LogP contribution is -2.54. The number of rotatable bonds is 8. The first-order valence-corrected chi connectivity index (χ1v) is 12.3. The molecule has 0 unspecified atom stereocenters. The third-order valence-electron chi connectivity index (χ3n) is 5.74. The number of nitrogens with zero attached hydrogens (tertiary/aromatic N) is 1. The lowest BCUT2D eigenvalue weighted by molar-refractivity contribution is -0.122. The van der Waals surface area contributed by atoms with E-state index < -0.39 is 17.8 Å². The maximum absolute atomic E-state index is 13.2. The van der Waals surface area contributed by atoms with E-state index in [1.165, 1.54) is 13.2 Å². The van der Waals surface area contributed by atoms with Crippen molar-refractivity contribution in [1.29, 1.82) is 0 Å². The van der Waals surface area contributed by atoms with Gasteiger partial charge in [-0.3, -0.25) is 14.9 Å². The number of aryl methyl sites for hydroxylation is 2. The lowest BCUT2D eigenvalue weighted by Gasteiger charge is -2.26. The Morgan fingerprint density at radius 3 is 2.26 bits per heavy atom. The molecule has 0 aromatic heterocycles. The Bertz CT molecular complexity index is 1410. The third-order valence-corrected chi connectivity index (χ3v) is 6.02. The highest BCUT2D eigenvalue weighted by atomic mass is 35.5. The van der Waals surface area contributed by atoms with E-state index in [1.807, 2.05) is 32.9 Å². The van der Waals surface area contributed by atoms with Crippen LogP contribution in [-0.4, -0.2) is 31.6 Å². The predicted molar refractivity (Wildman–Crippen MR) is 145 cm³/mol. The first-order chi connectivity index (χ1) is 18.2. The Balaban J connectivity index is 1.65. The molecule has 3 aromatic rings. The Labute approximate surface area is 225 Å². The summed E-state index contributed by atoms with van der Waals surface area (Å²) in [5.74, 6) is -0.308. The highest BCUT2D eigenvalue weighted by molar-refractivity contribution is 6.39. The minimum atomic E-state index is -0.842. The number of hydrogen-bond donors (Lipinski definition) is 1. The molecule has 9 heteroatoms. The monoisotopic (exact) mass is 534 g/mol. The van der Waals surface area contributed by atoms with Crippen LogP contribution < -0.4 is 24.4 Å². The molecule has 38 heavy (non-hydrogen) atoms. The summed E-state index contributed by atoms with van der Waals surface area (Å²) in [4.78, 5) is 39.2. The molecule has 0 aliphatic carbocycles. The fourth-order valence-corrected chi connectivity index (χ4v) is 4.45. The van der Waals surface area contributed by atoms with Crippen LogP contribution in [0.2, 0.25) is 5.02 Å². The van der Waals surface area contributed by atoms with Crippen molar-refractivity contribution in [2.75, 3.05) is 18.6 Å². The van der Waals surface area contributed by atoms with Gasteiger partial charge in [0, 0.05) is 0 Å². The number of barbiturate groups is 1. The van der Waals surface area contributed by atoms with Gasteiger partial charge < -0.3 is 14.2 Å². The van der Waals surface area contributed by atoms with Crippen molar-refractivity contribution in [3.8, 4) is 17.2 Å². The number of nitrogens with one attached hydrogen (secondary N) is 1. The lowest BCUT2D eigenvalue weighted by atomic mass is 10.1. The SMILES string of the molecule is CCOc1cc(/C=C2\C(=O)NC(=O)N(c3ccc(OC)cc3)C2=O)cc(Cl)c1OCc1cc(C)cc(C)c1. The molecule has 4 rings (SSSR count). The molecule has 1 fully saturated rings. The van der Waals surface area contributed by atoms with Crippen LogP contribution in [0, 0.1) is 13.8 Å². The van der Waals surface area contributed by atoms with Crippen LogP contribution in [0.5, 0.6) is 17.2 Å². The van der Waals surface area contributed by atoms with E-state index in [0.717, 1.165) is 21.6 Å². The topological polar surface area (TPSA) is 94.2 Å². The molecule has 1 heterocycles. The van der Waals surface area contributed by atoms with Crippen molar-refractivity contribution in [2.45, 2.75) is 27.4 Å². The Hall–Kier alpha value is -4.30. The van der Waals surface area contributed by atoms with Gasteiger partial charge in [0.1, 0.15) is 17.9 Å². The second kappa shape index (κ2) is 11.4. The molecule has 1 saturated heterocycles. The Kier molecular flexibility index (Phi) is 8.02. The number of urea groups is 1. The summed E-state index contributed by atoms with van der Waals surface area (Å²) in [6.07, 6.45) is 1.36. The zero-order chi connectivity index (χ0) is 27.4. The molecule has 0 saturated carbocycles. The summed E-state index contributed by atoms with van der Waals surface area (Å²) in [7, 11) is 1.51. The summed E-state index contributed by atoms with van der Waals surface area (Å²) < 4.78 is 16.9. The molecule has 196 valence electrons. The number of carbonyl (C=O) groups excluding carboxylic acids is 3. The van der Waals surface area contributed by atoms with Crippen LogP contribution in [0.4, 0.5) is 10.5 Å². The van der Waals surface area contributed by atoms with Gasteiger partial charge in [-0.25, -0.2) is 9.69 Å². The normalized spacial score (nSPS) is 14.5. The smallest absolute Gasteiger partial charge is 0.335 e. The van der Waals surface area contributed by atoms with E-state index in [9.17, 15) is 14.4 Å². The van der Waals surface area contributed by atoms with Crippen LogP contribution in [-0.2, 0) is 16.2 Å². The molecule has 8 nitrogen and oxygen atoms in total. The van der Waals surface area contributed by atoms with Gasteiger partial charge in [-0.1, -0.05) is 40.9 Å². The van der Waals surface area contributed by atoms with Crippen molar-refractivity contribution < 1.29 is 28.6 Å². The highest BCUT2D eigenvalue weighted by Gasteiger charge is 2.37. The fraction of sp³-hybridized carbons (Fsp3) is 0.207. The van der Waals surface area contributed by atoms with Crippen LogP contribution in [0.1, 0.15) is 29.2 Å². The van der Waals surface area contributed by atoms with Crippen molar-refractivity contribution in [2.24, 2.45) is 0 Å². The number of halogens is 1. The number of methoxy groups -OCH3 is 1. The number of amides is 4. The van der Waals surface area contributed by atoms with E-state index in [-0.39, 0.29) is 22.9 Å². The fourth-order valence-electron chi connectivity index (χ4n) is 4.17. The summed E-state index contributed by atoms with van der Waals surface area (Å²) >= 11 is 6.57. The molecule has 3 aromatic carbocycles. The number of benzene rings is 3. The van der Waals surface area contributed by atoms with Crippen LogP contribution in [0.25, 0.3) is 6.08 Å². The molecular formula is C29H27ClN2O6. The summed E-state index contributed by atoms with van der Waals surface area (Å²) in [5, 5.41) is 2.46. The number of carbonyl (C=O) groups is 3. The average Bonchev–Trinajstić information content (AvgIpc) is 2.86. The molecule has 1 aliphatic rings. The molecule has 4 amide bonds. The molecule has 1 aliphatic heterocycles. The predicted octanol–water partition coefficient (Wildman–Crippen LogP) is 5.61. The molecular weight excluding hydrogens is 508 g/mol. The number of anilines is 1. The van der Waals surface area contributed by atoms with Gasteiger partial charge in [0.15, 0.2) is 11.5 Å². The zero-order valence-corrected chi connectivity index (χ0v) is 22.2. The van der Waals surface area contributed by atoms with Crippen molar-refractivity contribution in [3.05, 3.63) is 87.4 Å². The standard InChI is InChI=1S/C29H27ClN2O6/c1-5-37-25-15-19(14-24(30)26(25)38-16-20-11-17(2)10-18(3)12-20)13-23-27(33)31-29(35)32(28(23)34)21-6-8-22(36-4)9-7-21/h6-15H,5,16H2,1-4H3,(H,31,33,35)/b23-13+. The van der Waals surface area contributed by atoms with Gasteiger partial charge in [0.05, 0.1) is 24.4 Å². The van der Waals surface area contributed by atoms with Gasteiger partial charge in [-0.2, -0.15) is 0 Å². The summed E-state index contributed by atoms with van der Waals surface area (Å²) in [5.41, 5.74) is 3.72. The summed E-state index contributed by atoms with van der Waals surface area (Å²) in [6.45, 7) is 6.48. The molecule has 0 atom stereocenters. The van der Waals surface area contributed by atoms with Gasteiger partial charge >= 0.3 is 6.03 Å². The van der Waals surface area contributed by atoms with E-state index in [4.69, 9.17) is 25.8 Å². The Morgan fingerprint density at radius 2 is 1.63 bits per heavy atom. The average molecular weight is 535 g/mol. The highest BCUT2D eigenvalue weighted by Crippen LogP contribution is 2.38. The minimum absolute atomic E-state index is 0.233. The van der Waals surface area contributed by atoms with E-state index in [0.29, 0.717) is 29.4 Å². The molecule has 1 N–H and O–H groups in total. The van der Waals surface area contributed by atoms with Crippen LogP contribution >= 0.6 is 11.6 Å². The number of imide groups is 2. The van der Waals surface area contributed by atoms with Crippen LogP contribution in [0.3, 0.4) is 0 Å². The summed E-state index contributed by atoms with van der Waals surface area (Å²) in [6, 6.07) is 14.8. The van der Waals surface area contributed by atoms with Crippen molar-refractivity contribution >= 4 is 41.2 Å². The molecule has 0 bridgehead atoms. The van der Waals surface area contributed by atoms with Gasteiger partial charge in [0.25, 0.3) is 11.8 Å². The van der Waals surface area contributed by atoms with E-state index >= 15 is 0 Å². The zero-order valence-electron chi connectivity index (χ0n) is 21.5. The van der Waals surface area contributed by atoms with Gasteiger partial charge in [-0.05, 0) is 74.4 Å². The molecule has 0 spiro atoms. The van der Waals surface area contributed by atoms with Crippen molar-refractivity contribution in [3.63, 3.8) is 0 Å². The van der Waals surface area contributed by atoms with E-state index in [2.05, 4.69) is 11.4 Å². The number of hydrogen-bond acceptors (Lipinski definition) is 6. The number of ether oxygens (including phenoxy) is 3. The maximum atomic E-state index is 13.2. The largest absolute Gasteiger partial charge is 0.497 e.